The number of carbonyl (C=O) groups is 1. The highest BCUT2D eigenvalue weighted by atomic mass is 19.4. The lowest BCUT2D eigenvalue weighted by atomic mass is 10.3. The third kappa shape index (κ3) is 6.62. The fraction of sp³-hybridized carbons (Fsp3) is 0.889. The van der Waals surface area contributed by atoms with E-state index in [1.807, 2.05) is 0 Å². The van der Waals surface area contributed by atoms with Crippen molar-refractivity contribution in [2.75, 3.05) is 26.2 Å². The number of alkyl halides is 3. The Morgan fingerprint density at radius 1 is 1.31 bits per heavy atom. The van der Waals surface area contributed by atoms with E-state index < -0.39 is 12.1 Å². The molecule has 7 heteroatoms. The molecule has 1 heterocycles. The van der Waals surface area contributed by atoms with Gasteiger partial charge >= 0.3 is 6.18 Å². The van der Waals surface area contributed by atoms with Crippen LogP contribution in [0.3, 0.4) is 0 Å². The molecule has 2 N–H and O–H groups in total. The van der Waals surface area contributed by atoms with Crippen LogP contribution >= 0.6 is 0 Å². The minimum atomic E-state index is -5.19. The van der Waals surface area contributed by atoms with E-state index in [1.165, 1.54) is 26.2 Å². The first-order chi connectivity index (χ1) is 7.25. The average Bonchev–Trinajstić information content (AvgIpc) is 2.18. The highest BCUT2D eigenvalue weighted by molar-refractivity contribution is 5.70. The van der Waals surface area contributed by atoms with E-state index in [9.17, 15) is 13.2 Å². The molecule has 16 heavy (non-hydrogen) atoms. The van der Waals surface area contributed by atoms with Gasteiger partial charge in [-0.1, -0.05) is 0 Å². The van der Waals surface area contributed by atoms with E-state index in [-0.39, 0.29) is 0 Å². The first kappa shape index (κ1) is 15.2. The molecule has 1 rings (SSSR count). The average molecular weight is 242 g/mol. The van der Waals surface area contributed by atoms with Gasteiger partial charge in [0.1, 0.15) is 5.97 Å². The van der Waals surface area contributed by atoms with Crippen molar-refractivity contribution >= 4 is 5.97 Å². The number of carbonyl (C=O) groups excluding carboxylic acids is 1. The van der Waals surface area contributed by atoms with Gasteiger partial charge in [0.2, 0.25) is 0 Å². The summed E-state index contributed by atoms with van der Waals surface area (Å²) in [6.07, 6.45) is -5.19. The van der Waals surface area contributed by atoms with Gasteiger partial charge in [-0.15, -0.1) is 0 Å². The van der Waals surface area contributed by atoms with Crippen LogP contribution < -0.4 is 15.3 Å². The highest BCUT2D eigenvalue weighted by Gasteiger charge is 2.28. The van der Waals surface area contributed by atoms with Gasteiger partial charge in [0.15, 0.2) is 0 Å². The Hall–Kier alpha value is -0.820. The number of carboxylic acid groups (broad SMARTS) is 1. The van der Waals surface area contributed by atoms with Gasteiger partial charge in [0, 0.05) is 13.1 Å². The standard InChI is InChI=1S/C7H16N2.C2HF3O2/c1-7(2)9-5-3-8-4-6-9;3-2(4,5)1(6)7/h7-8H,3-6H2,1-2H3;(H,6,7). The molecule has 0 radical (unpaired) electrons. The molecule has 0 spiro atoms. The van der Waals surface area contributed by atoms with Crippen LogP contribution in [0.2, 0.25) is 0 Å². The number of carboxylic acids is 1. The zero-order chi connectivity index (χ0) is 12.8. The van der Waals surface area contributed by atoms with Crippen molar-refractivity contribution in [3.8, 4) is 0 Å². The number of halogens is 3. The summed E-state index contributed by atoms with van der Waals surface area (Å²) in [5.74, 6) is -3.01. The van der Waals surface area contributed by atoms with Crippen molar-refractivity contribution in [3.05, 3.63) is 0 Å². The Bertz CT molecular complexity index is 213. The summed E-state index contributed by atoms with van der Waals surface area (Å²) in [7, 11) is 0. The zero-order valence-electron chi connectivity index (χ0n) is 9.36. The second kappa shape index (κ2) is 6.70. The summed E-state index contributed by atoms with van der Waals surface area (Å²) < 4.78 is 31.5. The fourth-order valence-corrected chi connectivity index (χ4v) is 1.33. The molecule has 0 unspecified atom stereocenters. The molecule has 0 aromatic heterocycles. The summed E-state index contributed by atoms with van der Waals surface area (Å²) in [6, 6.07) is 0.812. The third-order valence-electron chi connectivity index (χ3n) is 2.29. The topological polar surface area (TPSA) is 56.6 Å². The number of aliphatic carboxylic acids is 1. The lowest BCUT2D eigenvalue weighted by Crippen LogP contribution is -3.17. The van der Waals surface area contributed by atoms with Gasteiger partial charge in [-0.25, -0.2) is 0 Å². The summed E-state index contributed by atoms with van der Waals surface area (Å²) in [4.78, 5) is 10.5. The molecular weight excluding hydrogens is 225 g/mol. The Kier molecular flexibility index (Phi) is 6.35. The fourth-order valence-electron chi connectivity index (χ4n) is 1.33. The van der Waals surface area contributed by atoms with E-state index >= 15 is 0 Å². The molecule has 1 fully saturated rings. The second-order valence-electron chi connectivity index (χ2n) is 3.85. The summed E-state index contributed by atoms with van der Waals surface area (Å²) in [5.41, 5.74) is 0. The Morgan fingerprint density at radius 3 is 1.88 bits per heavy atom. The number of hydrogen-bond donors (Lipinski definition) is 2. The molecule has 1 saturated heterocycles. The van der Waals surface area contributed by atoms with Crippen LogP contribution in [0, 0.1) is 0 Å². The Morgan fingerprint density at radius 2 is 1.69 bits per heavy atom. The maximum Gasteiger partial charge on any atom is 0.430 e. The van der Waals surface area contributed by atoms with Gasteiger partial charge in [-0.3, -0.25) is 0 Å². The van der Waals surface area contributed by atoms with E-state index in [1.54, 1.807) is 4.90 Å². The molecule has 0 bridgehead atoms. The Labute approximate surface area is 92.4 Å². The molecule has 1 aliphatic heterocycles. The predicted molar refractivity (Wildman–Crippen MR) is 49.8 cm³/mol. The van der Waals surface area contributed by atoms with Crippen LogP contribution in [-0.2, 0) is 4.79 Å². The van der Waals surface area contributed by atoms with Crippen molar-refractivity contribution in [1.82, 2.24) is 5.32 Å². The van der Waals surface area contributed by atoms with Crippen LogP contribution in [-0.4, -0.2) is 44.4 Å². The molecule has 1 aliphatic rings. The lowest BCUT2D eigenvalue weighted by molar-refractivity contribution is -0.923. The smallest absolute Gasteiger partial charge is 0.430 e. The van der Waals surface area contributed by atoms with Crippen LogP contribution in [0.15, 0.2) is 0 Å². The minimum absolute atomic E-state index is 0.812. The Balaban J connectivity index is 0.000000293. The monoisotopic (exact) mass is 242 g/mol. The maximum atomic E-state index is 10.5. The van der Waals surface area contributed by atoms with Crippen molar-refractivity contribution in [1.29, 1.82) is 0 Å². The van der Waals surface area contributed by atoms with E-state index in [4.69, 9.17) is 9.90 Å². The molecule has 0 aromatic carbocycles. The SMILES string of the molecule is CC(C)[NH+]1CCNCC1.O=C([O-])C(F)(F)F. The number of rotatable bonds is 1. The lowest BCUT2D eigenvalue weighted by Gasteiger charge is -2.27. The van der Waals surface area contributed by atoms with E-state index in [2.05, 4.69) is 19.2 Å². The van der Waals surface area contributed by atoms with E-state index in [0.29, 0.717) is 0 Å². The highest BCUT2D eigenvalue weighted by Crippen LogP contribution is 2.11. The molecule has 96 valence electrons. The number of piperazine rings is 1. The van der Waals surface area contributed by atoms with Crippen LogP contribution in [0.5, 0.6) is 0 Å². The normalized spacial score (nSPS) is 17.9. The third-order valence-corrected chi connectivity index (χ3v) is 2.29. The van der Waals surface area contributed by atoms with Crippen LogP contribution in [0.4, 0.5) is 13.2 Å². The molecule has 0 aliphatic carbocycles. The van der Waals surface area contributed by atoms with Crippen molar-refractivity contribution in [2.24, 2.45) is 0 Å². The maximum absolute atomic E-state index is 10.5. The summed E-state index contributed by atoms with van der Waals surface area (Å²) in [6.45, 7) is 9.59. The number of nitrogens with one attached hydrogen (secondary N) is 2. The minimum Gasteiger partial charge on any atom is -0.542 e. The van der Waals surface area contributed by atoms with E-state index in [0.717, 1.165) is 6.04 Å². The molecule has 0 atom stereocenters. The first-order valence-corrected chi connectivity index (χ1v) is 5.08. The van der Waals surface area contributed by atoms with Crippen LogP contribution in [0.1, 0.15) is 13.8 Å². The summed E-state index contributed by atoms with van der Waals surface area (Å²) >= 11 is 0. The van der Waals surface area contributed by atoms with Gasteiger partial charge in [0.25, 0.3) is 0 Å². The van der Waals surface area contributed by atoms with Gasteiger partial charge in [0.05, 0.1) is 19.1 Å². The number of hydrogen-bond acceptors (Lipinski definition) is 3. The molecule has 0 saturated carbocycles. The van der Waals surface area contributed by atoms with Gasteiger partial charge < -0.3 is 20.1 Å². The largest absolute Gasteiger partial charge is 0.542 e. The zero-order valence-corrected chi connectivity index (χ0v) is 9.36. The van der Waals surface area contributed by atoms with Gasteiger partial charge in [-0.05, 0) is 13.8 Å². The molecular formula is C9H17F3N2O2. The molecule has 0 amide bonds. The predicted octanol–water partition coefficient (Wildman–Crippen LogP) is -1.82. The number of quaternary nitrogens is 1. The van der Waals surface area contributed by atoms with Crippen LogP contribution in [0.25, 0.3) is 0 Å². The quantitative estimate of drug-likeness (QED) is 0.569. The van der Waals surface area contributed by atoms with Crippen molar-refractivity contribution in [3.63, 3.8) is 0 Å². The van der Waals surface area contributed by atoms with Crippen molar-refractivity contribution < 1.29 is 28.0 Å². The summed E-state index contributed by atoms with van der Waals surface area (Å²) in [5, 5.41) is 12.1. The second-order valence-corrected chi connectivity index (χ2v) is 3.85. The molecule has 4 nitrogen and oxygen atoms in total. The molecule has 0 aromatic rings. The van der Waals surface area contributed by atoms with Crippen molar-refractivity contribution in [2.45, 2.75) is 26.1 Å². The first-order valence-electron chi connectivity index (χ1n) is 5.08. The van der Waals surface area contributed by atoms with Gasteiger partial charge in [-0.2, -0.15) is 13.2 Å².